The van der Waals surface area contributed by atoms with Gasteiger partial charge >= 0.3 is 12.0 Å². The molecule has 156 valence electrons. The fraction of sp³-hybridized carbons (Fsp3) is 0.368. The Hall–Kier alpha value is -3.52. The molecule has 0 bridgehead atoms. The number of anilines is 1. The molecule has 30 heavy (non-hydrogen) atoms. The van der Waals surface area contributed by atoms with E-state index in [2.05, 4.69) is 5.32 Å². The van der Waals surface area contributed by atoms with Crippen LogP contribution >= 0.6 is 11.3 Å². The van der Waals surface area contributed by atoms with Crippen LogP contribution in [0.1, 0.15) is 40.6 Å². The Bertz CT molecular complexity index is 999. The molecular weight excluding hydrogens is 412 g/mol. The van der Waals surface area contributed by atoms with Crippen LogP contribution in [-0.2, 0) is 32.0 Å². The van der Waals surface area contributed by atoms with Crippen molar-refractivity contribution in [3.05, 3.63) is 27.7 Å². The quantitative estimate of drug-likeness (QED) is 0.274. The molecule has 3 rings (SSSR count). The topological polar surface area (TPSA) is 154 Å². The summed E-state index contributed by atoms with van der Waals surface area (Å²) >= 11 is 1.25. The van der Waals surface area contributed by atoms with Crippen molar-refractivity contribution in [1.82, 2.24) is 10.6 Å². The van der Waals surface area contributed by atoms with Gasteiger partial charge in [0.25, 0.3) is 5.91 Å². The highest BCUT2D eigenvalue weighted by Gasteiger charge is 2.34. The molecule has 1 aromatic rings. The van der Waals surface area contributed by atoms with Gasteiger partial charge in [0.05, 0.1) is 12.2 Å². The van der Waals surface area contributed by atoms with Crippen LogP contribution in [0.4, 0.5) is 9.80 Å². The average molecular weight is 430 g/mol. The van der Waals surface area contributed by atoms with Crippen molar-refractivity contribution in [1.29, 1.82) is 5.26 Å². The second-order valence-corrected chi connectivity index (χ2v) is 7.67. The number of urea groups is 1. The highest BCUT2D eigenvalue weighted by molar-refractivity contribution is 7.17. The fourth-order valence-electron chi connectivity index (χ4n) is 3.25. The zero-order chi connectivity index (χ0) is 21.8. The molecule has 1 aliphatic carbocycles. The molecule has 1 aromatic heterocycles. The van der Waals surface area contributed by atoms with Crippen LogP contribution in [0, 0.1) is 17.2 Å². The minimum absolute atomic E-state index is 0.171. The van der Waals surface area contributed by atoms with E-state index in [1.807, 2.05) is 10.6 Å². The molecule has 11 heteroatoms. The number of carbonyl (C=O) groups excluding carboxylic acids is 5. The summed E-state index contributed by atoms with van der Waals surface area (Å²) in [6, 6.07) is 0.678. The minimum atomic E-state index is -1.51. The Labute approximate surface area is 175 Å². The van der Waals surface area contributed by atoms with Gasteiger partial charge in [-0.15, -0.1) is 11.3 Å². The third-order valence-corrected chi connectivity index (χ3v) is 5.82. The maximum absolute atomic E-state index is 12.7. The molecular formula is C19H18N4O6S. The van der Waals surface area contributed by atoms with E-state index in [1.54, 1.807) is 13.0 Å². The number of esters is 1. The molecule has 0 spiro atoms. The van der Waals surface area contributed by atoms with E-state index in [0.717, 1.165) is 35.8 Å². The van der Waals surface area contributed by atoms with Crippen LogP contribution < -0.4 is 16.0 Å². The largest absolute Gasteiger partial charge is 0.462 e. The summed E-state index contributed by atoms with van der Waals surface area (Å²) in [5, 5.41) is 16.0. The highest BCUT2D eigenvalue weighted by Crippen LogP contribution is 2.38. The summed E-state index contributed by atoms with van der Waals surface area (Å²) < 4.78 is 5.12. The van der Waals surface area contributed by atoms with Crippen LogP contribution in [0.2, 0.25) is 0 Å². The zero-order valence-corrected chi connectivity index (χ0v) is 16.8. The number of nitriles is 1. The molecule has 0 unspecified atom stereocenters. The van der Waals surface area contributed by atoms with Gasteiger partial charge in [-0.1, -0.05) is 0 Å². The average Bonchev–Trinajstić information content (AvgIpc) is 3.05. The Kier molecular flexibility index (Phi) is 6.27. The molecule has 5 amide bonds. The third kappa shape index (κ3) is 4.23. The first-order valence-electron chi connectivity index (χ1n) is 9.26. The number of nitrogens with one attached hydrogen (secondary N) is 3. The van der Waals surface area contributed by atoms with Crippen LogP contribution in [-0.4, -0.2) is 36.3 Å². The van der Waals surface area contributed by atoms with Crippen LogP contribution in [0.25, 0.3) is 0 Å². The lowest BCUT2D eigenvalue weighted by atomic mass is 9.95. The Morgan fingerprint density at radius 1 is 1.23 bits per heavy atom. The number of ether oxygens (including phenoxy) is 1. The standard InChI is InChI=1S/C19H18N4O6S/c1-2-29-18(27)13-10-5-3-4-6-12(10)30-17(13)21-14(24)9(8-20)7-11-15(25)22-19(28)23-16(11)26/h7,11H,2-6H2,1H3,(H,21,24)(H2,22,23,25,26,28)/b9-7-. The number of rotatable bonds is 5. The maximum Gasteiger partial charge on any atom is 0.341 e. The second-order valence-electron chi connectivity index (χ2n) is 6.57. The first-order valence-corrected chi connectivity index (χ1v) is 10.1. The Balaban J connectivity index is 1.89. The van der Waals surface area contributed by atoms with Gasteiger partial charge in [0.1, 0.15) is 22.6 Å². The number of fused-ring (bicyclic) bond motifs is 1. The van der Waals surface area contributed by atoms with E-state index < -0.39 is 41.2 Å². The summed E-state index contributed by atoms with van der Waals surface area (Å²) in [4.78, 5) is 61.0. The van der Waals surface area contributed by atoms with Crippen molar-refractivity contribution in [2.45, 2.75) is 32.6 Å². The minimum Gasteiger partial charge on any atom is -0.462 e. The van der Waals surface area contributed by atoms with Gasteiger partial charge in [0.15, 0.2) is 0 Å². The van der Waals surface area contributed by atoms with Gasteiger partial charge in [-0.05, 0) is 44.2 Å². The van der Waals surface area contributed by atoms with Gasteiger partial charge in [0, 0.05) is 4.88 Å². The lowest BCUT2D eigenvalue weighted by Crippen LogP contribution is -2.55. The summed E-state index contributed by atoms with van der Waals surface area (Å²) in [6.07, 6.45) is 4.23. The van der Waals surface area contributed by atoms with Crippen molar-refractivity contribution in [3.63, 3.8) is 0 Å². The predicted octanol–water partition coefficient (Wildman–Crippen LogP) is 1.17. The van der Waals surface area contributed by atoms with E-state index in [9.17, 15) is 29.2 Å². The number of hydrogen-bond acceptors (Lipinski definition) is 8. The monoisotopic (exact) mass is 430 g/mol. The van der Waals surface area contributed by atoms with Gasteiger partial charge < -0.3 is 10.1 Å². The maximum atomic E-state index is 12.7. The molecule has 2 heterocycles. The number of imide groups is 2. The molecule has 2 aliphatic rings. The fourth-order valence-corrected chi connectivity index (χ4v) is 4.53. The van der Waals surface area contributed by atoms with Gasteiger partial charge in [-0.25, -0.2) is 9.59 Å². The molecule has 1 saturated heterocycles. The van der Waals surface area contributed by atoms with Crippen molar-refractivity contribution in [2.24, 2.45) is 5.92 Å². The summed E-state index contributed by atoms with van der Waals surface area (Å²) in [6.45, 7) is 1.85. The molecule has 0 saturated carbocycles. The van der Waals surface area contributed by atoms with Crippen LogP contribution in [0.3, 0.4) is 0 Å². The van der Waals surface area contributed by atoms with Crippen LogP contribution in [0.5, 0.6) is 0 Å². The molecule has 0 aromatic carbocycles. The van der Waals surface area contributed by atoms with Crippen molar-refractivity contribution in [3.8, 4) is 6.07 Å². The van der Waals surface area contributed by atoms with Gasteiger partial charge in [-0.2, -0.15) is 5.26 Å². The molecule has 1 fully saturated rings. The van der Waals surface area contributed by atoms with E-state index in [-0.39, 0.29) is 17.2 Å². The smallest absolute Gasteiger partial charge is 0.341 e. The SMILES string of the molecule is CCOC(=O)c1c(NC(=O)/C(C#N)=C\C2C(=O)NC(=O)NC2=O)sc2c1CCCC2. The lowest BCUT2D eigenvalue weighted by Gasteiger charge is -2.18. The van der Waals surface area contributed by atoms with Crippen molar-refractivity contribution in [2.75, 3.05) is 11.9 Å². The van der Waals surface area contributed by atoms with Gasteiger partial charge in [-0.3, -0.25) is 25.0 Å². The third-order valence-electron chi connectivity index (χ3n) is 4.61. The number of thiophene rings is 1. The molecule has 0 radical (unpaired) electrons. The summed E-state index contributed by atoms with van der Waals surface area (Å²) in [5.41, 5.74) is 0.619. The lowest BCUT2D eigenvalue weighted by molar-refractivity contribution is -0.133. The normalized spacial score (nSPS) is 16.8. The van der Waals surface area contributed by atoms with E-state index in [1.165, 1.54) is 11.3 Å². The number of hydrogen-bond donors (Lipinski definition) is 3. The van der Waals surface area contributed by atoms with E-state index >= 15 is 0 Å². The number of carbonyl (C=O) groups is 5. The number of nitrogens with zero attached hydrogens (tertiary/aromatic N) is 1. The zero-order valence-electron chi connectivity index (χ0n) is 16.0. The van der Waals surface area contributed by atoms with E-state index in [4.69, 9.17) is 4.74 Å². The highest BCUT2D eigenvalue weighted by atomic mass is 32.1. The number of barbiturate groups is 1. The first kappa shape index (κ1) is 21.2. The second kappa shape index (κ2) is 8.87. The molecule has 1 aliphatic heterocycles. The predicted molar refractivity (Wildman–Crippen MR) is 104 cm³/mol. The van der Waals surface area contributed by atoms with E-state index in [0.29, 0.717) is 6.42 Å². The van der Waals surface area contributed by atoms with Crippen molar-refractivity contribution < 1.29 is 28.7 Å². The molecule has 0 atom stereocenters. The molecule has 3 N–H and O–H groups in total. The Morgan fingerprint density at radius 2 is 1.90 bits per heavy atom. The number of amides is 5. The van der Waals surface area contributed by atoms with Crippen molar-refractivity contribution >= 4 is 46.1 Å². The summed E-state index contributed by atoms with van der Waals surface area (Å²) in [7, 11) is 0. The summed E-state index contributed by atoms with van der Waals surface area (Å²) in [5.74, 6) is -4.83. The number of aryl methyl sites for hydroxylation is 1. The van der Waals surface area contributed by atoms with Crippen LogP contribution in [0.15, 0.2) is 11.6 Å². The Morgan fingerprint density at radius 3 is 2.53 bits per heavy atom. The molecule has 10 nitrogen and oxygen atoms in total. The van der Waals surface area contributed by atoms with Gasteiger partial charge in [0.2, 0.25) is 11.8 Å². The first-order chi connectivity index (χ1) is 14.3.